The summed E-state index contributed by atoms with van der Waals surface area (Å²) in [5, 5.41) is 6.27. The molecule has 2 aliphatic rings. The fourth-order valence-corrected chi connectivity index (χ4v) is 2.67. The zero-order valence-corrected chi connectivity index (χ0v) is 14.1. The van der Waals surface area contributed by atoms with Crippen LogP contribution >= 0.6 is 12.4 Å². The van der Waals surface area contributed by atoms with E-state index in [4.69, 9.17) is 9.47 Å². The van der Waals surface area contributed by atoms with E-state index in [1.807, 2.05) is 24.3 Å². The Morgan fingerprint density at radius 1 is 1.35 bits per heavy atom. The van der Waals surface area contributed by atoms with Gasteiger partial charge < -0.3 is 20.1 Å². The van der Waals surface area contributed by atoms with Crippen LogP contribution in [0, 0.1) is 0 Å². The van der Waals surface area contributed by atoms with E-state index in [9.17, 15) is 4.79 Å². The highest BCUT2D eigenvalue weighted by Crippen LogP contribution is 2.27. The highest BCUT2D eigenvalue weighted by molar-refractivity contribution is 5.85. The maximum Gasteiger partial charge on any atom is 0.221 e. The van der Waals surface area contributed by atoms with Gasteiger partial charge in [0.15, 0.2) is 0 Å². The van der Waals surface area contributed by atoms with Crippen molar-refractivity contribution in [1.29, 1.82) is 0 Å². The topological polar surface area (TPSA) is 59.6 Å². The van der Waals surface area contributed by atoms with Gasteiger partial charge in [-0.05, 0) is 25.3 Å². The van der Waals surface area contributed by atoms with Crippen molar-refractivity contribution >= 4 is 18.3 Å². The number of halogens is 1. The third-order valence-corrected chi connectivity index (χ3v) is 4.22. The molecular formula is C17H25ClN2O3. The van der Waals surface area contributed by atoms with Gasteiger partial charge in [0.2, 0.25) is 5.91 Å². The van der Waals surface area contributed by atoms with Gasteiger partial charge in [0.25, 0.3) is 0 Å². The lowest BCUT2D eigenvalue weighted by Crippen LogP contribution is -2.44. The first kappa shape index (κ1) is 18.0. The molecule has 6 heteroatoms. The Morgan fingerprint density at radius 2 is 2.17 bits per heavy atom. The molecule has 1 saturated heterocycles. The van der Waals surface area contributed by atoms with Crippen LogP contribution in [0.1, 0.15) is 31.2 Å². The number of amides is 1. The molecule has 1 aliphatic heterocycles. The van der Waals surface area contributed by atoms with Crippen LogP contribution in [0.4, 0.5) is 0 Å². The average Bonchev–Trinajstić information content (AvgIpc) is 2.51. The van der Waals surface area contributed by atoms with E-state index in [0.717, 1.165) is 37.3 Å². The monoisotopic (exact) mass is 340 g/mol. The third kappa shape index (κ3) is 5.37. The molecular weight excluding hydrogens is 316 g/mol. The zero-order valence-electron chi connectivity index (χ0n) is 13.3. The van der Waals surface area contributed by atoms with Gasteiger partial charge in [-0.25, -0.2) is 0 Å². The minimum atomic E-state index is 0. The van der Waals surface area contributed by atoms with E-state index < -0.39 is 0 Å². The molecule has 1 aromatic carbocycles. The van der Waals surface area contributed by atoms with Crippen molar-refractivity contribution < 1.29 is 14.3 Å². The summed E-state index contributed by atoms with van der Waals surface area (Å²) in [5.74, 6) is 0.938. The number of carbonyl (C=O) groups excluding carboxylic acids is 1. The normalized spacial score (nSPS) is 21.0. The molecule has 1 aromatic rings. The van der Waals surface area contributed by atoms with Crippen LogP contribution in [0.15, 0.2) is 24.3 Å². The van der Waals surface area contributed by atoms with Gasteiger partial charge in [0.05, 0.1) is 19.3 Å². The number of benzene rings is 1. The van der Waals surface area contributed by atoms with Gasteiger partial charge in [0, 0.05) is 31.1 Å². The van der Waals surface area contributed by atoms with E-state index in [0.29, 0.717) is 25.7 Å². The first-order valence-electron chi connectivity index (χ1n) is 8.13. The Kier molecular flexibility index (Phi) is 7.15. The molecule has 23 heavy (non-hydrogen) atoms. The van der Waals surface area contributed by atoms with Crippen molar-refractivity contribution in [3.63, 3.8) is 0 Å². The van der Waals surface area contributed by atoms with Crippen molar-refractivity contribution in [2.75, 3.05) is 19.8 Å². The summed E-state index contributed by atoms with van der Waals surface area (Å²) in [5.41, 5.74) is 1.04. The number of morpholine rings is 1. The fourth-order valence-electron chi connectivity index (χ4n) is 2.67. The molecule has 0 spiro atoms. The van der Waals surface area contributed by atoms with Crippen molar-refractivity contribution in [1.82, 2.24) is 10.6 Å². The van der Waals surface area contributed by atoms with E-state index in [2.05, 4.69) is 10.6 Å². The van der Waals surface area contributed by atoms with Crippen molar-refractivity contribution in [2.24, 2.45) is 0 Å². The summed E-state index contributed by atoms with van der Waals surface area (Å²) >= 11 is 0. The molecule has 128 valence electrons. The first-order valence-corrected chi connectivity index (χ1v) is 8.13. The molecule has 1 saturated carbocycles. The summed E-state index contributed by atoms with van der Waals surface area (Å²) in [4.78, 5) is 12.0. The molecule has 5 nitrogen and oxygen atoms in total. The smallest absolute Gasteiger partial charge is 0.221 e. The molecule has 1 unspecified atom stereocenters. The maximum absolute atomic E-state index is 12.0. The quantitative estimate of drug-likeness (QED) is 0.832. The Hall–Kier alpha value is -1.30. The van der Waals surface area contributed by atoms with E-state index in [1.165, 1.54) is 6.42 Å². The summed E-state index contributed by atoms with van der Waals surface area (Å²) in [6.07, 6.45) is 4.31. The summed E-state index contributed by atoms with van der Waals surface area (Å²) < 4.78 is 11.3. The molecule has 1 heterocycles. The van der Waals surface area contributed by atoms with Gasteiger partial charge in [0.1, 0.15) is 5.75 Å². The summed E-state index contributed by atoms with van der Waals surface area (Å²) in [6.45, 7) is 2.66. The lowest BCUT2D eigenvalue weighted by Gasteiger charge is -2.27. The minimum Gasteiger partial charge on any atom is -0.490 e. The van der Waals surface area contributed by atoms with Crippen molar-refractivity contribution in [2.45, 2.75) is 44.4 Å². The number of ether oxygens (including phenoxy) is 2. The predicted molar refractivity (Wildman–Crippen MR) is 91.0 cm³/mol. The first-order chi connectivity index (χ1) is 10.8. The Bertz CT molecular complexity index is 502. The second-order valence-electron chi connectivity index (χ2n) is 5.99. The Morgan fingerprint density at radius 3 is 2.87 bits per heavy atom. The van der Waals surface area contributed by atoms with Crippen LogP contribution in [-0.4, -0.2) is 37.8 Å². The molecule has 3 rings (SSSR count). The Balaban J connectivity index is 0.00000192. The zero-order chi connectivity index (χ0) is 15.2. The van der Waals surface area contributed by atoms with Crippen LogP contribution in [0.2, 0.25) is 0 Å². The molecule has 1 aliphatic carbocycles. The van der Waals surface area contributed by atoms with E-state index in [-0.39, 0.29) is 24.4 Å². The number of hydrogen-bond donors (Lipinski definition) is 2. The molecule has 1 amide bonds. The second-order valence-corrected chi connectivity index (χ2v) is 5.99. The van der Waals surface area contributed by atoms with Crippen LogP contribution in [0.3, 0.4) is 0 Å². The molecule has 2 N–H and O–H groups in total. The molecule has 0 bridgehead atoms. The van der Waals surface area contributed by atoms with Crippen LogP contribution in [0.25, 0.3) is 0 Å². The van der Waals surface area contributed by atoms with Gasteiger partial charge in [-0.2, -0.15) is 0 Å². The highest BCUT2D eigenvalue weighted by Gasteiger charge is 2.20. The van der Waals surface area contributed by atoms with Crippen molar-refractivity contribution in [3.05, 3.63) is 29.8 Å². The van der Waals surface area contributed by atoms with Gasteiger partial charge >= 0.3 is 0 Å². The number of nitrogens with one attached hydrogen (secondary N) is 2. The highest BCUT2D eigenvalue weighted by atomic mass is 35.5. The second kappa shape index (κ2) is 9.11. The molecule has 2 fully saturated rings. The number of hydrogen-bond acceptors (Lipinski definition) is 4. The largest absolute Gasteiger partial charge is 0.490 e. The fraction of sp³-hybridized carbons (Fsp3) is 0.588. The van der Waals surface area contributed by atoms with Gasteiger partial charge in [-0.15, -0.1) is 12.4 Å². The molecule has 0 radical (unpaired) electrons. The van der Waals surface area contributed by atoms with E-state index >= 15 is 0 Å². The number of carbonyl (C=O) groups is 1. The number of rotatable bonds is 6. The number of para-hydroxylation sites is 1. The molecule has 0 aromatic heterocycles. The van der Waals surface area contributed by atoms with Crippen LogP contribution in [0.5, 0.6) is 5.75 Å². The standard InChI is InChI=1S/C17H24N2O3.ClH/c20-17(10-14-12-21-9-8-18-14)19-11-13-4-1-2-7-16(13)22-15-5-3-6-15;/h1-2,4,7,14-15,18H,3,5-6,8-12H2,(H,19,20);1H. The third-order valence-electron chi connectivity index (χ3n) is 4.22. The van der Waals surface area contributed by atoms with Crippen LogP contribution < -0.4 is 15.4 Å². The van der Waals surface area contributed by atoms with Crippen LogP contribution in [-0.2, 0) is 16.1 Å². The Labute approximate surface area is 143 Å². The lowest BCUT2D eigenvalue weighted by molar-refractivity contribution is -0.122. The van der Waals surface area contributed by atoms with E-state index in [1.54, 1.807) is 0 Å². The lowest BCUT2D eigenvalue weighted by atomic mass is 9.96. The predicted octanol–water partition coefficient (Wildman–Crippen LogP) is 2.03. The average molecular weight is 341 g/mol. The minimum absolute atomic E-state index is 0. The molecule has 1 atom stereocenters. The SMILES string of the molecule is Cl.O=C(CC1COCCN1)NCc1ccccc1OC1CCC1. The summed E-state index contributed by atoms with van der Waals surface area (Å²) in [7, 11) is 0. The van der Waals surface area contributed by atoms with Gasteiger partial charge in [-0.3, -0.25) is 4.79 Å². The summed E-state index contributed by atoms with van der Waals surface area (Å²) in [6, 6.07) is 8.07. The maximum atomic E-state index is 12.0. The van der Waals surface area contributed by atoms with Crippen molar-refractivity contribution in [3.8, 4) is 5.75 Å². The van der Waals surface area contributed by atoms with Gasteiger partial charge in [-0.1, -0.05) is 18.2 Å².